The van der Waals surface area contributed by atoms with E-state index in [1.807, 2.05) is 0 Å². The number of fused-ring (bicyclic) bond motifs is 1. The summed E-state index contributed by atoms with van der Waals surface area (Å²) < 4.78 is 4.94. The summed E-state index contributed by atoms with van der Waals surface area (Å²) in [4.78, 5) is 46.7. The molecule has 0 radical (unpaired) electrons. The van der Waals surface area contributed by atoms with Gasteiger partial charge in [-0.25, -0.2) is 9.97 Å². The highest BCUT2D eigenvalue weighted by Gasteiger charge is 2.14. The number of hydrogen-bond acceptors (Lipinski definition) is 6. The summed E-state index contributed by atoms with van der Waals surface area (Å²) in [5, 5.41) is 3.52. The van der Waals surface area contributed by atoms with Crippen molar-refractivity contribution in [2.75, 3.05) is 11.9 Å². The average molecular weight is 435 g/mol. The SMILES string of the molecule is Cc1c(Cl)cnc(NC(=O)COC(=O)CCc2nc3ccccc3c(=O)[nH]2)c1Cl. The maximum Gasteiger partial charge on any atom is 0.306 e. The van der Waals surface area contributed by atoms with Crippen LogP contribution >= 0.6 is 23.2 Å². The minimum atomic E-state index is -0.609. The number of nitrogens with one attached hydrogen (secondary N) is 2. The lowest BCUT2D eigenvalue weighted by molar-refractivity contribution is -0.147. The van der Waals surface area contributed by atoms with Gasteiger partial charge in [0.1, 0.15) is 5.82 Å². The number of amides is 1. The molecule has 0 aliphatic rings. The lowest BCUT2D eigenvalue weighted by Gasteiger charge is -2.09. The third kappa shape index (κ3) is 5.10. The summed E-state index contributed by atoms with van der Waals surface area (Å²) in [7, 11) is 0. The number of rotatable bonds is 6. The second-order valence-electron chi connectivity index (χ2n) is 6.13. The molecule has 0 aliphatic heterocycles. The Labute approximate surface area is 175 Å². The summed E-state index contributed by atoms with van der Waals surface area (Å²) in [6.45, 7) is 1.19. The Balaban J connectivity index is 1.52. The molecule has 2 heterocycles. The fraction of sp³-hybridized carbons (Fsp3) is 0.211. The van der Waals surface area contributed by atoms with E-state index >= 15 is 0 Å². The number of H-pyrrole nitrogens is 1. The van der Waals surface area contributed by atoms with Gasteiger partial charge < -0.3 is 15.0 Å². The molecule has 0 fully saturated rings. The van der Waals surface area contributed by atoms with Crippen LogP contribution in [0.4, 0.5) is 5.82 Å². The zero-order valence-electron chi connectivity index (χ0n) is 15.3. The quantitative estimate of drug-likeness (QED) is 0.576. The number of ether oxygens (including phenoxy) is 1. The van der Waals surface area contributed by atoms with Gasteiger partial charge in [-0.2, -0.15) is 0 Å². The number of para-hydroxylation sites is 1. The summed E-state index contributed by atoms with van der Waals surface area (Å²) in [5.74, 6) is -0.704. The third-order valence-electron chi connectivity index (χ3n) is 4.05. The number of carbonyl (C=O) groups excluding carboxylic acids is 2. The van der Waals surface area contributed by atoms with E-state index in [-0.39, 0.29) is 29.2 Å². The predicted molar refractivity (Wildman–Crippen MR) is 109 cm³/mol. The normalized spacial score (nSPS) is 10.7. The van der Waals surface area contributed by atoms with Gasteiger partial charge in [-0.05, 0) is 24.6 Å². The van der Waals surface area contributed by atoms with Gasteiger partial charge >= 0.3 is 5.97 Å². The Morgan fingerprint density at radius 2 is 2.00 bits per heavy atom. The summed E-state index contributed by atoms with van der Waals surface area (Å²) >= 11 is 12.0. The molecular weight excluding hydrogens is 419 g/mol. The van der Waals surface area contributed by atoms with Crippen molar-refractivity contribution in [3.63, 3.8) is 0 Å². The molecule has 0 unspecified atom stereocenters. The number of aromatic amines is 1. The van der Waals surface area contributed by atoms with Gasteiger partial charge in [0.2, 0.25) is 0 Å². The zero-order chi connectivity index (χ0) is 21.0. The summed E-state index contributed by atoms with van der Waals surface area (Å²) in [6, 6.07) is 6.90. The van der Waals surface area contributed by atoms with Gasteiger partial charge in [0, 0.05) is 12.6 Å². The molecule has 0 saturated carbocycles. The first kappa shape index (κ1) is 20.8. The van der Waals surface area contributed by atoms with Crippen LogP contribution in [0.3, 0.4) is 0 Å². The molecule has 10 heteroatoms. The minimum Gasteiger partial charge on any atom is -0.456 e. The highest BCUT2D eigenvalue weighted by molar-refractivity contribution is 6.37. The smallest absolute Gasteiger partial charge is 0.306 e. The highest BCUT2D eigenvalue weighted by Crippen LogP contribution is 2.28. The Morgan fingerprint density at radius 3 is 2.79 bits per heavy atom. The molecule has 2 N–H and O–H groups in total. The monoisotopic (exact) mass is 434 g/mol. The van der Waals surface area contributed by atoms with Crippen molar-refractivity contribution in [2.24, 2.45) is 0 Å². The van der Waals surface area contributed by atoms with E-state index in [1.54, 1.807) is 31.2 Å². The van der Waals surface area contributed by atoms with Crippen LogP contribution in [0, 0.1) is 6.92 Å². The molecule has 1 aromatic carbocycles. The van der Waals surface area contributed by atoms with E-state index in [0.29, 0.717) is 27.3 Å². The number of pyridine rings is 1. The lowest BCUT2D eigenvalue weighted by Crippen LogP contribution is -2.22. The average Bonchev–Trinajstić information content (AvgIpc) is 2.71. The van der Waals surface area contributed by atoms with E-state index in [4.69, 9.17) is 27.9 Å². The minimum absolute atomic E-state index is 0.0480. The fourth-order valence-corrected chi connectivity index (χ4v) is 2.89. The fourth-order valence-electron chi connectivity index (χ4n) is 2.50. The van der Waals surface area contributed by atoms with Gasteiger partial charge in [-0.3, -0.25) is 14.4 Å². The van der Waals surface area contributed by atoms with Gasteiger partial charge in [-0.1, -0.05) is 35.3 Å². The summed E-state index contributed by atoms with van der Waals surface area (Å²) in [5.41, 5.74) is 0.843. The number of aryl methyl sites for hydroxylation is 1. The van der Waals surface area contributed by atoms with Crippen LogP contribution in [0.15, 0.2) is 35.3 Å². The van der Waals surface area contributed by atoms with E-state index in [0.717, 1.165) is 0 Å². The number of carbonyl (C=O) groups is 2. The number of anilines is 1. The van der Waals surface area contributed by atoms with Gasteiger partial charge in [0.25, 0.3) is 11.5 Å². The van der Waals surface area contributed by atoms with Crippen LogP contribution in [0.5, 0.6) is 0 Å². The second kappa shape index (κ2) is 9.02. The third-order valence-corrected chi connectivity index (χ3v) is 4.90. The van der Waals surface area contributed by atoms with Crippen LogP contribution in [-0.4, -0.2) is 33.4 Å². The molecule has 29 heavy (non-hydrogen) atoms. The van der Waals surface area contributed by atoms with E-state index < -0.39 is 18.5 Å². The molecule has 3 aromatic rings. The topological polar surface area (TPSA) is 114 Å². The Bertz CT molecular complexity index is 1150. The van der Waals surface area contributed by atoms with Crippen molar-refractivity contribution in [1.29, 1.82) is 0 Å². The molecule has 0 saturated heterocycles. The van der Waals surface area contributed by atoms with Crippen molar-refractivity contribution in [2.45, 2.75) is 19.8 Å². The molecule has 1 amide bonds. The van der Waals surface area contributed by atoms with E-state index in [2.05, 4.69) is 20.3 Å². The van der Waals surface area contributed by atoms with Crippen LogP contribution in [-0.2, 0) is 20.7 Å². The van der Waals surface area contributed by atoms with Gasteiger partial charge in [0.05, 0.1) is 27.4 Å². The Kier molecular flexibility index (Phi) is 6.46. The molecule has 150 valence electrons. The van der Waals surface area contributed by atoms with E-state index in [9.17, 15) is 14.4 Å². The van der Waals surface area contributed by atoms with Crippen molar-refractivity contribution < 1.29 is 14.3 Å². The maximum absolute atomic E-state index is 12.0. The second-order valence-corrected chi connectivity index (χ2v) is 6.92. The first-order chi connectivity index (χ1) is 13.8. The lowest BCUT2D eigenvalue weighted by atomic mass is 10.2. The molecule has 8 nitrogen and oxygen atoms in total. The number of esters is 1. The molecule has 0 aliphatic carbocycles. The largest absolute Gasteiger partial charge is 0.456 e. The van der Waals surface area contributed by atoms with Crippen molar-refractivity contribution in [1.82, 2.24) is 15.0 Å². The van der Waals surface area contributed by atoms with Crippen molar-refractivity contribution >= 4 is 51.8 Å². The maximum atomic E-state index is 12.0. The molecule has 3 rings (SSSR count). The van der Waals surface area contributed by atoms with Gasteiger partial charge in [0.15, 0.2) is 12.4 Å². The zero-order valence-corrected chi connectivity index (χ0v) is 16.8. The van der Waals surface area contributed by atoms with Crippen LogP contribution in [0.25, 0.3) is 10.9 Å². The Morgan fingerprint density at radius 1 is 1.24 bits per heavy atom. The first-order valence-electron chi connectivity index (χ1n) is 8.59. The number of nitrogens with zero attached hydrogens (tertiary/aromatic N) is 2. The number of hydrogen-bond donors (Lipinski definition) is 2. The van der Waals surface area contributed by atoms with Crippen molar-refractivity contribution in [3.05, 3.63) is 62.2 Å². The van der Waals surface area contributed by atoms with Crippen LogP contribution < -0.4 is 10.9 Å². The van der Waals surface area contributed by atoms with Crippen LogP contribution in [0.1, 0.15) is 17.8 Å². The highest BCUT2D eigenvalue weighted by atomic mass is 35.5. The number of halogens is 2. The Hall–Kier alpha value is -2.97. The van der Waals surface area contributed by atoms with Crippen molar-refractivity contribution in [3.8, 4) is 0 Å². The standard InChI is InChI=1S/C19H16Cl2N4O4/c1-10-12(20)8-22-18(17(10)21)25-15(26)9-29-16(27)7-6-14-23-13-5-3-2-4-11(13)19(28)24-14/h2-5,8H,6-7,9H2,1H3,(H,22,25,26)(H,23,24,28). The predicted octanol–water partition coefficient (Wildman–Crippen LogP) is 3.05. The summed E-state index contributed by atoms with van der Waals surface area (Å²) in [6.07, 6.45) is 1.49. The number of benzene rings is 1. The van der Waals surface area contributed by atoms with Crippen LogP contribution in [0.2, 0.25) is 10.0 Å². The van der Waals surface area contributed by atoms with Gasteiger partial charge in [-0.15, -0.1) is 0 Å². The molecule has 0 bridgehead atoms. The molecular formula is C19H16Cl2N4O4. The molecule has 0 spiro atoms. The van der Waals surface area contributed by atoms with E-state index in [1.165, 1.54) is 6.20 Å². The number of aromatic nitrogens is 3. The molecule has 0 atom stereocenters. The molecule has 2 aromatic heterocycles. The first-order valence-corrected chi connectivity index (χ1v) is 9.34.